The normalized spacial score (nSPS) is 18.6. The molecule has 31 heavy (non-hydrogen) atoms. The molecule has 6 nitrogen and oxygen atoms in total. The van der Waals surface area contributed by atoms with Crippen LogP contribution in [-0.2, 0) is 6.54 Å². The molecule has 0 spiro atoms. The molecule has 2 unspecified atom stereocenters. The number of amides is 1. The van der Waals surface area contributed by atoms with Crippen molar-refractivity contribution in [1.82, 2.24) is 9.55 Å². The van der Waals surface area contributed by atoms with Gasteiger partial charge in [-0.3, -0.25) is 4.90 Å². The molecule has 1 aliphatic rings. The number of aromatic nitrogens is 2. The van der Waals surface area contributed by atoms with Gasteiger partial charge in [-0.15, -0.1) is 0 Å². The molecular formula is C23H22Cl2N4O2. The smallest absolute Gasteiger partial charge is 0.411 e. The first-order valence-corrected chi connectivity index (χ1v) is 11.0. The maximum Gasteiger partial charge on any atom is 0.411 e. The number of para-hydroxylation sites is 1. The summed E-state index contributed by atoms with van der Waals surface area (Å²) >= 11 is 12.5. The molecule has 3 aromatic rings. The van der Waals surface area contributed by atoms with E-state index in [-0.39, 0.29) is 5.92 Å². The molecule has 1 fully saturated rings. The van der Waals surface area contributed by atoms with Gasteiger partial charge < -0.3 is 9.67 Å². The van der Waals surface area contributed by atoms with Gasteiger partial charge in [0.1, 0.15) is 0 Å². The molecule has 0 saturated heterocycles. The van der Waals surface area contributed by atoms with Crippen LogP contribution in [0.1, 0.15) is 31.2 Å². The van der Waals surface area contributed by atoms with Crippen molar-refractivity contribution >= 4 is 46.0 Å². The van der Waals surface area contributed by atoms with E-state index < -0.39 is 6.09 Å². The van der Waals surface area contributed by atoms with Crippen molar-refractivity contribution in [3.8, 4) is 6.07 Å². The van der Waals surface area contributed by atoms with Gasteiger partial charge >= 0.3 is 6.09 Å². The number of anilines is 1. The van der Waals surface area contributed by atoms with Crippen molar-refractivity contribution in [3.63, 3.8) is 0 Å². The molecule has 2 atom stereocenters. The van der Waals surface area contributed by atoms with E-state index in [1.165, 1.54) is 4.90 Å². The van der Waals surface area contributed by atoms with Gasteiger partial charge in [0.05, 0.1) is 44.7 Å². The fraction of sp³-hybridized carbons (Fsp3) is 0.348. The molecule has 160 valence electrons. The first-order chi connectivity index (χ1) is 15.0. The number of fused-ring (bicyclic) bond motifs is 1. The van der Waals surface area contributed by atoms with Crippen molar-refractivity contribution in [2.75, 3.05) is 11.4 Å². The van der Waals surface area contributed by atoms with Crippen LogP contribution in [0.15, 0.2) is 42.7 Å². The summed E-state index contributed by atoms with van der Waals surface area (Å²) < 4.78 is 2.10. The first kappa shape index (κ1) is 21.5. The van der Waals surface area contributed by atoms with Gasteiger partial charge in [0, 0.05) is 13.1 Å². The van der Waals surface area contributed by atoms with E-state index in [1.807, 2.05) is 18.5 Å². The van der Waals surface area contributed by atoms with E-state index >= 15 is 0 Å². The van der Waals surface area contributed by atoms with Crippen molar-refractivity contribution in [1.29, 1.82) is 5.26 Å². The highest BCUT2D eigenvalue weighted by Gasteiger charge is 2.28. The van der Waals surface area contributed by atoms with Crippen molar-refractivity contribution in [2.45, 2.75) is 32.2 Å². The molecule has 0 radical (unpaired) electrons. The van der Waals surface area contributed by atoms with E-state index in [2.05, 4.69) is 15.6 Å². The maximum atomic E-state index is 12.0. The molecular weight excluding hydrogens is 435 g/mol. The number of imidazole rings is 1. The SMILES string of the molecule is N#Cc1ccc2ncn(CC3CCCC(CN(C(=O)O)c4c(Cl)cccc4Cl)C3)c2c1. The van der Waals surface area contributed by atoms with Crippen LogP contribution in [0.4, 0.5) is 10.5 Å². The van der Waals surface area contributed by atoms with E-state index in [9.17, 15) is 15.2 Å². The van der Waals surface area contributed by atoms with Crippen molar-refractivity contribution in [2.24, 2.45) is 11.8 Å². The molecule has 4 rings (SSSR count). The topological polar surface area (TPSA) is 82.2 Å². The highest BCUT2D eigenvalue weighted by Crippen LogP contribution is 2.37. The Balaban J connectivity index is 1.50. The summed E-state index contributed by atoms with van der Waals surface area (Å²) in [6, 6.07) is 12.7. The largest absolute Gasteiger partial charge is 0.465 e. The van der Waals surface area contributed by atoms with Gasteiger partial charge in [-0.1, -0.05) is 35.7 Å². The molecule has 1 N–H and O–H groups in total. The van der Waals surface area contributed by atoms with Crippen LogP contribution in [0.3, 0.4) is 0 Å². The minimum absolute atomic E-state index is 0.214. The number of halogens is 2. The lowest BCUT2D eigenvalue weighted by atomic mass is 9.81. The first-order valence-electron chi connectivity index (χ1n) is 10.3. The average Bonchev–Trinajstić information content (AvgIpc) is 3.15. The Bertz CT molecular complexity index is 1130. The molecule has 1 aromatic heterocycles. The molecule has 0 bridgehead atoms. The molecule has 1 saturated carbocycles. The summed E-state index contributed by atoms with van der Waals surface area (Å²) in [6.07, 6.45) is 4.75. The predicted octanol–water partition coefficient (Wildman–Crippen LogP) is 6.21. The number of hydrogen-bond donors (Lipinski definition) is 1. The third kappa shape index (κ3) is 4.63. The van der Waals surface area contributed by atoms with Crippen LogP contribution in [0.25, 0.3) is 11.0 Å². The lowest BCUT2D eigenvalue weighted by Crippen LogP contribution is -2.36. The minimum Gasteiger partial charge on any atom is -0.465 e. The molecule has 8 heteroatoms. The molecule has 2 aromatic carbocycles. The quantitative estimate of drug-likeness (QED) is 0.494. The monoisotopic (exact) mass is 456 g/mol. The Kier molecular flexibility index (Phi) is 6.35. The standard InChI is InChI=1S/C23H22Cl2N4O2/c24-18-5-2-6-19(25)22(18)29(23(30)31)13-17-4-1-3-16(9-17)12-28-14-27-20-8-7-15(11-26)10-21(20)28/h2,5-8,10,14,16-17H,1,3-4,9,12-13H2,(H,30,31). The second-order valence-electron chi connectivity index (χ2n) is 8.07. The number of rotatable bonds is 5. The lowest BCUT2D eigenvalue weighted by Gasteiger charge is -2.33. The molecule has 1 amide bonds. The van der Waals surface area contributed by atoms with Crippen LogP contribution in [0.5, 0.6) is 0 Å². The van der Waals surface area contributed by atoms with E-state index in [1.54, 1.807) is 24.3 Å². The third-order valence-electron chi connectivity index (χ3n) is 5.98. The average molecular weight is 457 g/mol. The number of carbonyl (C=O) groups is 1. The van der Waals surface area contributed by atoms with Gasteiger partial charge in [-0.05, 0) is 61.4 Å². The predicted molar refractivity (Wildman–Crippen MR) is 122 cm³/mol. The van der Waals surface area contributed by atoms with Gasteiger partial charge in [-0.2, -0.15) is 5.26 Å². The van der Waals surface area contributed by atoms with Crippen molar-refractivity contribution in [3.05, 3.63) is 58.3 Å². The van der Waals surface area contributed by atoms with Crippen molar-refractivity contribution < 1.29 is 9.90 Å². The van der Waals surface area contributed by atoms with E-state index in [4.69, 9.17) is 23.2 Å². The van der Waals surface area contributed by atoms with Gasteiger partial charge in [0.15, 0.2) is 0 Å². The molecule has 1 heterocycles. The van der Waals surface area contributed by atoms with E-state index in [0.29, 0.717) is 33.8 Å². The van der Waals surface area contributed by atoms with Gasteiger partial charge in [0.2, 0.25) is 0 Å². The Labute approximate surface area is 190 Å². The lowest BCUT2D eigenvalue weighted by molar-refractivity contribution is 0.195. The van der Waals surface area contributed by atoms with Crippen LogP contribution in [0.2, 0.25) is 10.0 Å². The highest BCUT2D eigenvalue weighted by atomic mass is 35.5. The number of benzene rings is 2. The number of nitrogens with zero attached hydrogens (tertiary/aromatic N) is 4. The van der Waals surface area contributed by atoms with Gasteiger partial charge in [0.25, 0.3) is 0 Å². The Morgan fingerprint density at radius 2 is 1.97 bits per heavy atom. The Morgan fingerprint density at radius 3 is 2.68 bits per heavy atom. The van der Waals surface area contributed by atoms with Crippen LogP contribution in [-0.4, -0.2) is 27.3 Å². The highest BCUT2D eigenvalue weighted by molar-refractivity contribution is 6.39. The summed E-state index contributed by atoms with van der Waals surface area (Å²) in [7, 11) is 0. The summed E-state index contributed by atoms with van der Waals surface area (Å²) in [4.78, 5) is 17.7. The summed E-state index contributed by atoms with van der Waals surface area (Å²) in [6.45, 7) is 1.15. The second-order valence-corrected chi connectivity index (χ2v) is 8.89. The Hall–Kier alpha value is -2.75. The zero-order valence-electron chi connectivity index (χ0n) is 16.8. The van der Waals surface area contributed by atoms with Crippen LogP contribution >= 0.6 is 23.2 Å². The van der Waals surface area contributed by atoms with Gasteiger partial charge in [-0.25, -0.2) is 9.78 Å². The fourth-order valence-electron chi connectivity index (χ4n) is 4.55. The maximum absolute atomic E-state index is 12.0. The summed E-state index contributed by atoms with van der Waals surface area (Å²) in [5.74, 6) is 0.617. The van der Waals surface area contributed by atoms with Crippen LogP contribution < -0.4 is 4.90 Å². The molecule has 0 aliphatic heterocycles. The zero-order valence-corrected chi connectivity index (χ0v) is 18.4. The van der Waals surface area contributed by atoms with Crippen LogP contribution in [0, 0.1) is 23.2 Å². The Morgan fingerprint density at radius 1 is 1.23 bits per heavy atom. The number of carboxylic acid groups (broad SMARTS) is 1. The zero-order chi connectivity index (χ0) is 22.0. The number of hydrogen-bond acceptors (Lipinski definition) is 3. The molecule has 1 aliphatic carbocycles. The summed E-state index contributed by atoms with van der Waals surface area (Å²) in [5, 5.41) is 19.7. The minimum atomic E-state index is -1.05. The van der Waals surface area contributed by atoms with E-state index in [0.717, 1.165) is 43.3 Å². The third-order valence-corrected chi connectivity index (χ3v) is 6.59. The second kappa shape index (κ2) is 9.17. The fourth-order valence-corrected chi connectivity index (χ4v) is 5.16. The number of nitriles is 1. The summed E-state index contributed by atoms with van der Waals surface area (Å²) in [5.41, 5.74) is 2.79.